The second-order valence-electron chi connectivity index (χ2n) is 2.94. The number of rotatable bonds is 1. The fourth-order valence-electron chi connectivity index (χ4n) is 1.44. The van der Waals surface area contributed by atoms with Gasteiger partial charge in [-0.1, -0.05) is 11.3 Å². The molecule has 0 spiro atoms. The van der Waals surface area contributed by atoms with Crippen molar-refractivity contribution in [2.75, 3.05) is 13.1 Å². The van der Waals surface area contributed by atoms with Gasteiger partial charge in [0.05, 0.1) is 0 Å². The maximum atomic E-state index is 4.12. The maximum absolute atomic E-state index is 4.12. The third-order valence-electron chi connectivity index (χ3n) is 2.06. The maximum Gasteiger partial charge on any atom is 0.183 e. The van der Waals surface area contributed by atoms with Crippen molar-refractivity contribution in [1.29, 1.82) is 0 Å². The van der Waals surface area contributed by atoms with Crippen molar-refractivity contribution in [2.24, 2.45) is 0 Å². The van der Waals surface area contributed by atoms with Gasteiger partial charge in [-0.05, 0) is 35.3 Å². The summed E-state index contributed by atoms with van der Waals surface area (Å²) < 4.78 is 0.892. The number of nitrogens with one attached hydrogen (secondary N) is 1. The zero-order valence-electron chi connectivity index (χ0n) is 6.59. The van der Waals surface area contributed by atoms with Crippen molar-refractivity contribution in [2.45, 2.75) is 18.8 Å². The Morgan fingerprint density at radius 3 is 3.00 bits per heavy atom. The molecule has 0 saturated carbocycles. The van der Waals surface area contributed by atoms with E-state index >= 15 is 0 Å². The molecule has 1 aliphatic rings. The van der Waals surface area contributed by atoms with Crippen LogP contribution in [0.15, 0.2) is 3.92 Å². The number of hydrogen-bond acceptors (Lipinski definition) is 4. The molecule has 66 valence electrons. The molecule has 0 amide bonds. The van der Waals surface area contributed by atoms with E-state index in [1.54, 1.807) is 11.3 Å². The number of hydrogen-bond donors (Lipinski definition) is 1. The van der Waals surface area contributed by atoms with Crippen LogP contribution in [0.25, 0.3) is 0 Å². The minimum Gasteiger partial charge on any atom is -0.316 e. The molecular formula is C7H10BrN3S. The van der Waals surface area contributed by atoms with Crippen molar-refractivity contribution in [3.05, 3.63) is 8.92 Å². The van der Waals surface area contributed by atoms with Crippen LogP contribution in [-0.2, 0) is 0 Å². The second-order valence-corrected chi connectivity index (χ2v) is 5.22. The molecule has 1 aliphatic heterocycles. The van der Waals surface area contributed by atoms with Crippen LogP contribution in [0.4, 0.5) is 0 Å². The Hall–Kier alpha value is -0.0000000000000000555. The van der Waals surface area contributed by atoms with Gasteiger partial charge in [-0.15, -0.1) is 10.2 Å². The molecule has 1 N–H and O–H groups in total. The topological polar surface area (TPSA) is 37.8 Å². The molecule has 2 rings (SSSR count). The van der Waals surface area contributed by atoms with E-state index in [1.165, 1.54) is 12.8 Å². The predicted octanol–water partition coefficient (Wildman–Crippen LogP) is 1.77. The highest BCUT2D eigenvalue weighted by Gasteiger charge is 2.18. The lowest BCUT2D eigenvalue weighted by Gasteiger charge is -2.19. The first kappa shape index (κ1) is 8.59. The van der Waals surface area contributed by atoms with Crippen LogP contribution >= 0.6 is 27.3 Å². The lowest BCUT2D eigenvalue weighted by molar-refractivity contribution is 0.458. The molecule has 5 heteroatoms. The standard InChI is InChI=1S/C7H10BrN3S/c8-7-11-10-6(12-7)5-2-1-3-9-4-5/h5,9H,1-4H2. The lowest BCUT2D eigenvalue weighted by atomic mass is 10.0. The monoisotopic (exact) mass is 247 g/mol. The van der Waals surface area contributed by atoms with E-state index in [0.717, 1.165) is 22.0 Å². The molecule has 2 heterocycles. The van der Waals surface area contributed by atoms with E-state index in [2.05, 4.69) is 31.4 Å². The van der Waals surface area contributed by atoms with Crippen LogP contribution in [0.3, 0.4) is 0 Å². The first-order valence-corrected chi connectivity index (χ1v) is 5.67. The molecule has 12 heavy (non-hydrogen) atoms. The van der Waals surface area contributed by atoms with Crippen LogP contribution in [0, 0.1) is 0 Å². The second kappa shape index (κ2) is 3.81. The van der Waals surface area contributed by atoms with Gasteiger partial charge >= 0.3 is 0 Å². The summed E-state index contributed by atoms with van der Waals surface area (Å²) in [6.07, 6.45) is 2.50. The third kappa shape index (κ3) is 1.84. The van der Waals surface area contributed by atoms with Crippen LogP contribution < -0.4 is 5.32 Å². The Morgan fingerprint density at radius 2 is 2.42 bits per heavy atom. The highest BCUT2D eigenvalue weighted by Crippen LogP contribution is 2.27. The fourth-order valence-corrected chi connectivity index (χ4v) is 2.72. The Kier molecular flexibility index (Phi) is 2.73. The van der Waals surface area contributed by atoms with Gasteiger partial charge < -0.3 is 5.32 Å². The van der Waals surface area contributed by atoms with Gasteiger partial charge in [0.2, 0.25) is 0 Å². The fraction of sp³-hybridized carbons (Fsp3) is 0.714. The Labute approximate surface area is 83.7 Å². The van der Waals surface area contributed by atoms with Crippen molar-refractivity contribution in [3.8, 4) is 0 Å². The zero-order valence-corrected chi connectivity index (χ0v) is 8.99. The van der Waals surface area contributed by atoms with E-state index < -0.39 is 0 Å². The average Bonchev–Trinajstić information content (AvgIpc) is 2.54. The van der Waals surface area contributed by atoms with E-state index in [-0.39, 0.29) is 0 Å². The molecule has 0 aromatic carbocycles. The predicted molar refractivity (Wildman–Crippen MR) is 52.5 cm³/mol. The Morgan fingerprint density at radius 1 is 1.50 bits per heavy atom. The summed E-state index contributed by atoms with van der Waals surface area (Å²) in [4.78, 5) is 0. The molecule has 1 atom stereocenters. The zero-order chi connectivity index (χ0) is 8.39. The minimum atomic E-state index is 0.586. The van der Waals surface area contributed by atoms with Crippen LogP contribution in [0.1, 0.15) is 23.8 Å². The molecular weight excluding hydrogens is 238 g/mol. The largest absolute Gasteiger partial charge is 0.316 e. The highest BCUT2D eigenvalue weighted by atomic mass is 79.9. The number of nitrogens with zero attached hydrogens (tertiary/aromatic N) is 2. The van der Waals surface area contributed by atoms with Crippen LogP contribution in [0.5, 0.6) is 0 Å². The summed E-state index contributed by atoms with van der Waals surface area (Å²) >= 11 is 4.97. The SMILES string of the molecule is Brc1nnc(C2CCCNC2)s1. The van der Waals surface area contributed by atoms with Gasteiger partial charge in [-0.25, -0.2) is 0 Å². The normalized spacial score (nSPS) is 24.2. The first-order chi connectivity index (χ1) is 5.86. The van der Waals surface area contributed by atoms with Gasteiger partial charge in [0, 0.05) is 12.5 Å². The summed E-state index contributed by atoms with van der Waals surface area (Å²) in [6.45, 7) is 2.21. The molecule has 3 nitrogen and oxygen atoms in total. The summed E-state index contributed by atoms with van der Waals surface area (Å²) in [7, 11) is 0. The molecule has 0 aliphatic carbocycles. The molecule has 1 aromatic heterocycles. The third-order valence-corrected chi connectivity index (χ3v) is 3.58. The smallest absolute Gasteiger partial charge is 0.183 e. The van der Waals surface area contributed by atoms with E-state index in [1.807, 2.05) is 0 Å². The summed E-state index contributed by atoms with van der Waals surface area (Å²) in [5.41, 5.74) is 0. The van der Waals surface area contributed by atoms with Gasteiger partial charge in [0.1, 0.15) is 5.01 Å². The molecule has 0 radical (unpaired) electrons. The quantitative estimate of drug-likeness (QED) is 0.823. The Bertz CT molecular complexity index is 257. The summed E-state index contributed by atoms with van der Waals surface area (Å²) in [5.74, 6) is 0.586. The molecule has 1 fully saturated rings. The summed E-state index contributed by atoms with van der Waals surface area (Å²) in [6, 6.07) is 0. The van der Waals surface area contributed by atoms with Gasteiger partial charge in [0.15, 0.2) is 3.92 Å². The average molecular weight is 248 g/mol. The number of piperidine rings is 1. The number of halogens is 1. The van der Waals surface area contributed by atoms with Crippen molar-refractivity contribution >= 4 is 27.3 Å². The van der Waals surface area contributed by atoms with Gasteiger partial charge in [-0.2, -0.15) is 0 Å². The molecule has 1 saturated heterocycles. The van der Waals surface area contributed by atoms with Crippen molar-refractivity contribution in [3.63, 3.8) is 0 Å². The molecule has 1 aromatic rings. The number of aromatic nitrogens is 2. The summed E-state index contributed by atoms with van der Waals surface area (Å²) in [5, 5.41) is 12.6. The molecule has 0 bridgehead atoms. The first-order valence-electron chi connectivity index (χ1n) is 4.06. The van der Waals surface area contributed by atoms with Crippen molar-refractivity contribution in [1.82, 2.24) is 15.5 Å². The highest BCUT2D eigenvalue weighted by molar-refractivity contribution is 9.11. The Balaban J connectivity index is 2.08. The minimum absolute atomic E-state index is 0.586. The lowest BCUT2D eigenvalue weighted by Crippen LogP contribution is -2.28. The van der Waals surface area contributed by atoms with E-state index in [4.69, 9.17) is 0 Å². The van der Waals surface area contributed by atoms with Gasteiger partial charge in [-0.3, -0.25) is 0 Å². The van der Waals surface area contributed by atoms with Crippen molar-refractivity contribution < 1.29 is 0 Å². The molecule has 1 unspecified atom stereocenters. The van der Waals surface area contributed by atoms with E-state index in [9.17, 15) is 0 Å². The van der Waals surface area contributed by atoms with Gasteiger partial charge in [0.25, 0.3) is 0 Å². The van der Waals surface area contributed by atoms with Crippen LogP contribution in [0.2, 0.25) is 0 Å². The van der Waals surface area contributed by atoms with Crippen LogP contribution in [-0.4, -0.2) is 23.3 Å². The van der Waals surface area contributed by atoms with E-state index in [0.29, 0.717) is 5.92 Å².